The van der Waals surface area contributed by atoms with Crippen molar-refractivity contribution in [3.63, 3.8) is 0 Å². The fourth-order valence-electron chi connectivity index (χ4n) is 1.84. The molecular weight excluding hydrogens is 334 g/mol. The first-order valence-corrected chi connectivity index (χ1v) is 7.06. The molecule has 0 fully saturated rings. The molecule has 2 amide bonds. The van der Waals surface area contributed by atoms with E-state index in [1.54, 1.807) is 31.4 Å². The summed E-state index contributed by atoms with van der Waals surface area (Å²) in [6.45, 7) is 1.89. The summed E-state index contributed by atoms with van der Waals surface area (Å²) in [4.78, 5) is 28.1. The number of anilines is 1. The molecule has 2 aromatic rings. The first-order chi connectivity index (χ1) is 10.0. The van der Waals surface area contributed by atoms with Crippen molar-refractivity contribution >= 4 is 33.4 Å². The summed E-state index contributed by atoms with van der Waals surface area (Å²) >= 11 is 3.28. The number of pyridine rings is 1. The van der Waals surface area contributed by atoms with Crippen LogP contribution in [0.25, 0.3) is 0 Å². The van der Waals surface area contributed by atoms with Gasteiger partial charge in [0.05, 0.1) is 16.8 Å². The largest absolute Gasteiger partial charge is 0.355 e. The number of carbonyl (C=O) groups excluding carboxylic acids is 2. The number of hydrogen-bond donors (Lipinski definition) is 2. The lowest BCUT2D eigenvalue weighted by atomic mass is 10.1. The summed E-state index contributed by atoms with van der Waals surface area (Å²) in [5, 5.41) is 5.32. The third kappa shape index (κ3) is 3.46. The molecule has 6 heteroatoms. The number of halogens is 1. The van der Waals surface area contributed by atoms with E-state index in [9.17, 15) is 9.59 Å². The van der Waals surface area contributed by atoms with Gasteiger partial charge in [-0.2, -0.15) is 0 Å². The summed E-state index contributed by atoms with van der Waals surface area (Å²) in [6.07, 6.45) is 3.08. The van der Waals surface area contributed by atoms with Crippen LogP contribution in [0, 0.1) is 6.92 Å². The van der Waals surface area contributed by atoms with Crippen molar-refractivity contribution in [2.75, 3.05) is 12.4 Å². The molecular formula is C15H14BrN3O2. The number of aromatic nitrogens is 1. The highest BCUT2D eigenvalue weighted by molar-refractivity contribution is 9.10. The van der Waals surface area contributed by atoms with Crippen LogP contribution in [0.15, 0.2) is 41.1 Å². The molecule has 1 aromatic heterocycles. The summed E-state index contributed by atoms with van der Waals surface area (Å²) in [5.41, 5.74) is 2.29. The Morgan fingerprint density at radius 3 is 2.57 bits per heavy atom. The maximum atomic E-state index is 12.3. The molecule has 108 valence electrons. The number of carbonyl (C=O) groups is 2. The van der Waals surface area contributed by atoms with Crippen LogP contribution in [0.5, 0.6) is 0 Å². The zero-order valence-electron chi connectivity index (χ0n) is 11.6. The zero-order valence-corrected chi connectivity index (χ0v) is 13.2. The van der Waals surface area contributed by atoms with Gasteiger partial charge < -0.3 is 10.6 Å². The number of aryl methyl sites for hydroxylation is 1. The van der Waals surface area contributed by atoms with E-state index < -0.39 is 0 Å². The van der Waals surface area contributed by atoms with Crippen molar-refractivity contribution in [2.24, 2.45) is 0 Å². The van der Waals surface area contributed by atoms with Gasteiger partial charge in [0.2, 0.25) is 0 Å². The second-order valence-corrected chi connectivity index (χ2v) is 5.29. The molecule has 0 saturated heterocycles. The van der Waals surface area contributed by atoms with Gasteiger partial charge in [0.25, 0.3) is 11.8 Å². The minimum absolute atomic E-state index is 0.247. The summed E-state index contributed by atoms with van der Waals surface area (Å²) in [5.74, 6) is -0.555. The van der Waals surface area contributed by atoms with Crippen LogP contribution in [0.3, 0.4) is 0 Å². The van der Waals surface area contributed by atoms with E-state index in [-0.39, 0.29) is 11.8 Å². The van der Waals surface area contributed by atoms with Crippen molar-refractivity contribution in [2.45, 2.75) is 6.92 Å². The second kappa shape index (κ2) is 6.49. The van der Waals surface area contributed by atoms with Gasteiger partial charge in [0.1, 0.15) is 0 Å². The van der Waals surface area contributed by atoms with Gasteiger partial charge in [-0.3, -0.25) is 14.6 Å². The molecule has 0 aliphatic rings. The molecule has 0 spiro atoms. The van der Waals surface area contributed by atoms with Crippen molar-refractivity contribution in [1.29, 1.82) is 0 Å². The lowest BCUT2D eigenvalue weighted by Gasteiger charge is -2.11. The van der Waals surface area contributed by atoms with Gasteiger partial charge in [-0.05, 0) is 41.1 Å². The molecule has 0 atom stereocenters. The average Bonchev–Trinajstić information content (AvgIpc) is 2.48. The van der Waals surface area contributed by atoms with Crippen LogP contribution < -0.4 is 10.6 Å². The van der Waals surface area contributed by atoms with E-state index in [2.05, 4.69) is 31.5 Å². The first-order valence-electron chi connectivity index (χ1n) is 6.26. The SMILES string of the molecule is CNC(=O)c1cc(C)ccc1NC(=O)c1ccncc1Br. The molecule has 5 nitrogen and oxygen atoms in total. The molecule has 0 saturated carbocycles. The molecule has 1 aromatic carbocycles. The normalized spacial score (nSPS) is 10.0. The molecule has 0 radical (unpaired) electrons. The molecule has 2 rings (SSSR count). The Hall–Kier alpha value is -2.21. The van der Waals surface area contributed by atoms with Crippen LogP contribution in [-0.4, -0.2) is 23.8 Å². The average molecular weight is 348 g/mol. The third-order valence-electron chi connectivity index (χ3n) is 2.91. The number of rotatable bonds is 3. The molecule has 0 unspecified atom stereocenters. The Morgan fingerprint density at radius 1 is 1.14 bits per heavy atom. The molecule has 0 aliphatic heterocycles. The molecule has 0 bridgehead atoms. The van der Waals surface area contributed by atoms with E-state index in [0.717, 1.165) is 5.56 Å². The lowest BCUT2D eigenvalue weighted by molar-refractivity contribution is 0.0964. The van der Waals surface area contributed by atoms with Crippen LogP contribution in [-0.2, 0) is 0 Å². The molecule has 21 heavy (non-hydrogen) atoms. The topological polar surface area (TPSA) is 71.1 Å². The minimum Gasteiger partial charge on any atom is -0.355 e. The summed E-state index contributed by atoms with van der Waals surface area (Å²) in [7, 11) is 1.55. The molecule has 0 aliphatic carbocycles. The number of hydrogen-bond acceptors (Lipinski definition) is 3. The number of nitrogens with zero attached hydrogens (tertiary/aromatic N) is 1. The molecule has 1 heterocycles. The van der Waals surface area contributed by atoms with Gasteiger partial charge in [0.15, 0.2) is 0 Å². The smallest absolute Gasteiger partial charge is 0.256 e. The van der Waals surface area contributed by atoms with Crippen molar-refractivity contribution in [3.8, 4) is 0 Å². The van der Waals surface area contributed by atoms with Gasteiger partial charge in [-0.1, -0.05) is 11.6 Å². The van der Waals surface area contributed by atoms with Crippen LogP contribution in [0.2, 0.25) is 0 Å². The van der Waals surface area contributed by atoms with Crippen LogP contribution in [0.4, 0.5) is 5.69 Å². The molecule has 2 N–H and O–H groups in total. The quantitative estimate of drug-likeness (QED) is 0.896. The van der Waals surface area contributed by atoms with E-state index in [0.29, 0.717) is 21.3 Å². The standard InChI is InChI=1S/C15H14BrN3O2/c1-9-3-4-13(11(7-9)14(20)17-2)19-15(21)10-5-6-18-8-12(10)16/h3-8H,1-2H3,(H,17,20)(H,19,21). The predicted octanol–water partition coefficient (Wildman–Crippen LogP) is 2.76. The first kappa shape index (κ1) is 15.2. The van der Waals surface area contributed by atoms with Gasteiger partial charge in [-0.25, -0.2) is 0 Å². The minimum atomic E-state index is -0.307. The highest BCUT2D eigenvalue weighted by Crippen LogP contribution is 2.20. The van der Waals surface area contributed by atoms with E-state index >= 15 is 0 Å². The lowest BCUT2D eigenvalue weighted by Crippen LogP contribution is -2.22. The summed E-state index contributed by atoms with van der Waals surface area (Å²) in [6, 6.07) is 6.89. The van der Waals surface area contributed by atoms with Gasteiger partial charge >= 0.3 is 0 Å². The Labute approximate surface area is 130 Å². The highest BCUT2D eigenvalue weighted by Gasteiger charge is 2.15. The third-order valence-corrected chi connectivity index (χ3v) is 3.54. The Morgan fingerprint density at radius 2 is 1.90 bits per heavy atom. The summed E-state index contributed by atoms with van der Waals surface area (Å²) < 4.78 is 0.594. The van der Waals surface area contributed by atoms with Crippen LogP contribution in [0.1, 0.15) is 26.3 Å². The van der Waals surface area contributed by atoms with Gasteiger partial charge in [0, 0.05) is 23.9 Å². The maximum absolute atomic E-state index is 12.3. The highest BCUT2D eigenvalue weighted by atomic mass is 79.9. The van der Waals surface area contributed by atoms with Gasteiger partial charge in [-0.15, -0.1) is 0 Å². The predicted molar refractivity (Wildman–Crippen MR) is 84.5 cm³/mol. The maximum Gasteiger partial charge on any atom is 0.256 e. The van der Waals surface area contributed by atoms with Crippen LogP contribution >= 0.6 is 15.9 Å². The second-order valence-electron chi connectivity index (χ2n) is 4.44. The number of amides is 2. The fourth-order valence-corrected chi connectivity index (χ4v) is 2.27. The Balaban J connectivity index is 2.34. The monoisotopic (exact) mass is 347 g/mol. The van der Waals surface area contributed by atoms with E-state index in [4.69, 9.17) is 0 Å². The van der Waals surface area contributed by atoms with Crippen molar-refractivity contribution < 1.29 is 9.59 Å². The van der Waals surface area contributed by atoms with Crippen molar-refractivity contribution in [3.05, 3.63) is 57.8 Å². The Kier molecular flexibility index (Phi) is 4.70. The number of benzene rings is 1. The van der Waals surface area contributed by atoms with E-state index in [1.165, 1.54) is 6.20 Å². The van der Waals surface area contributed by atoms with E-state index in [1.807, 2.05) is 13.0 Å². The number of nitrogens with one attached hydrogen (secondary N) is 2. The zero-order chi connectivity index (χ0) is 15.4. The van der Waals surface area contributed by atoms with Crippen molar-refractivity contribution in [1.82, 2.24) is 10.3 Å². The fraction of sp³-hybridized carbons (Fsp3) is 0.133. The Bertz CT molecular complexity index is 701.